The fourth-order valence-corrected chi connectivity index (χ4v) is 4.52. The molecular weight excluding hydrogens is 392 g/mol. The van der Waals surface area contributed by atoms with Gasteiger partial charge in [-0.2, -0.15) is 0 Å². The van der Waals surface area contributed by atoms with Crippen LogP contribution in [0.5, 0.6) is 0 Å². The molecule has 0 aliphatic rings. The Balaban J connectivity index is 1.57. The van der Waals surface area contributed by atoms with Gasteiger partial charge < -0.3 is 0 Å². The van der Waals surface area contributed by atoms with E-state index in [1.54, 1.807) is 5.38 Å². The zero-order chi connectivity index (χ0) is 19.7. The number of nitrogens with zero attached hydrogens (tertiary/aromatic N) is 3. The van der Waals surface area contributed by atoms with E-state index in [0.717, 1.165) is 33.0 Å². The van der Waals surface area contributed by atoms with Crippen molar-refractivity contribution in [2.75, 3.05) is 5.43 Å². The summed E-state index contributed by atoms with van der Waals surface area (Å²) < 4.78 is 1.12. The highest BCUT2D eigenvalue weighted by atomic mass is 32.1. The third-order valence-corrected chi connectivity index (χ3v) is 6.50. The first kappa shape index (κ1) is 18.5. The number of amides is 1. The number of hydrogen-bond donors (Lipinski definition) is 1. The topological polar surface area (TPSA) is 76.9 Å². The van der Waals surface area contributed by atoms with Crippen molar-refractivity contribution in [3.8, 4) is 10.6 Å². The number of rotatable bonds is 5. The van der Waals surface area contributed by atoms with Crippen molar-refractivity contribution in [2.45, 2.75) is 26.7 Å². The molecule has 1 aromatic carbocycles. The molecule has 6 nitrogen and oxygen atoms in total. The standard InChI is InChI=1S/C20H18N4O2S2/c1-3-12-5-7-13(8-6-12)18-22-16(10-27-18)17(25)23-24-11-21-19-15(20(24)26)9-14(4-2)28-19/h5-11H,3-4H2,1-2H3,(H,23,25). The maximum Gasteiger partial charge on any atom is 0.289 e. The molecule has 0 fully saturated rings. The fraction of sp³-hybridized carbons (Fsp3) is 0.200. The van der Waals surface area contributed by atoms with Crippen LogP contribution in [0.4, 0.5) is 0 Å². The zero-order valence-corrected chi connectivity index (χ0v) is 17.1. The number of carbonyl (C=O) groups is 1. The van der Waals surface area contributed by atoms with E-state index in [0.29, 0.717) is 10.2 Å². The number of aryl methyl sites for hydroxylation is 2. The van der Waals surface area contributed by atoms with Crippen molar-refractivity contribution < 1.29 is 4.79 Å². The quantitative estimate of drug-likeness (QED) is 0.538. The number of thiazole rings is 1. The fourth-order valence-electron chi connectivity index (χ4n) is 2.79. The van der Waals surface area contributed by atoms with E-state index in [1.807, 2.05) is 25.1 Å². The Kier molecular flexibility index (Phi) is 5.06. The summed E-state index contributed by atoms with van der Waals surface area (Å²) in [6.07, 6.45) is 3.16. The zero-order valence-electron chi connectivity index (χ0n) is 15.4. The van der Waals surface area contributed by atoms with Crippen molar-refractivity contribution in [1.29, 1.82) is 0 Å². The molecule has 0 aliphatic carbocycles. The maximum absolute atomic E-state index is 12.6. The number of hydrogen-bond acceptors (Lipinski definition) is 6. The molecule has 0 bridgehead atoms. The van der Waals surface area contributed by atoms with Crippen LogP contribution in [0, 0.1) is 0 Å². The van der Waals surface area contributed by atoms with E-state index < -0.39 is 5.91 Å². The molecule has 1 amide bonds. The van der Waals surface area contributed by atoms with E-state index >= 15 is 0 Å². The van der Waals surface area contributed by atoms with Crippen molar-refractivity contribution >= 4 is 38.8 Å². The second-order valence-electron chi connectivity index (χ2n) is 6.23. The molecule has 0 unspecified atom stereocenters. The number of benzene rings is 1. The predicted molar refractivity (Wildman–Crippen MR) is 114 cm³/mol. The first-order chi connectivity index (χ1) is 13.6. The molecule has 8 heteroatoms. The molecule has 0 radical (unpaired) electrons. The summed E-state index contributed by atoms with van der Waals surface area (Å²) >= 11 is 2.89. The minimum absolute atomic E-state index is 0.270. The number of carbonyl (C=O) groups excluding carboxylic acids is 1. The molecule has 0 atom stereocenters. The lowest BCUT2D eigenvalue weighted by Crippen LogP contribution is -2.33. The molecule has 142 valence electrons. The molecular formula is C20H18N4O2S2. The minimum Gasteiger partial charge on any atom is -0.267 e. The van der Waals surface area contributed by atoms with E-state index in [-0.39, 0.29) is 11.3 Å². The molecule has 28 heavy (non-hydrogen) atoms. The Hall–Kier alpha value is -2.84. The van der Waals surface area contributed by atoms with Gasteiger partial charge in [0.05, 0.1) is 5.39 Å². The van der Waals surface area contributed by atoms with Crippen LogP contribution in [0.2, 0.25) is 0 Å². The van der Waals surface area contributed by atoms with Crippen molar-refractivity contribution in [3.05, 3.63) is 68.5 Å². The summed E-state index contributed by atoms with van der Waals surface area (Å²) in [7, 11) is 0. The van der Waals surface area contributed by atoms with Crippen molar-refractivity contribution in [3.63, 3.8) is 0 Å². The first-order valence-electron chi connectivity index (χ1n) is 8.95. The molecule has 4 aromatic rings. The average Bonchev–Trinajstić information content (AvgIpc) is 3.37. The summed E-state index contributed by atoms with van der Waals surface area (Å²) in [5, 5.41) is 2.97. The molecule has 0 saturated carbocycles. The van der Waals surface area contributed by atoms with Crippen LogP contribution >= 0.6 is 22.7 Å². The summed E-state index contributed by atoms with van der Waals surface area (Å²) in [6, 6.07) is 9.96. The smallest absolute Gasteiger partial charge is 0.267 e. The summed E-state index contributed by atoms with van der Waals surface area (Å²) in [4.78, 5) is 35.6. The van der Waals surface area contributed by atoms with Gasteiger partial charge in [-0.25, -0.2) is 14.6 Å². The van der Waals surface area contributed by atoms with Gasteiger partial charge in [0.25, 0.3) is 11.5 Å². The van der Waals surface area contributed by atoms with Crippen molar-refractivity contribution in [1.82, 2.24) is 14.6 Å². The van der Waals surface area contributed by atoms with Crippen molar-refractivity contribution in [2.24, 2.45) is 0 Å². The van der Waals surface area contributed by atoms with Gasteiger partial charge in [0.1, 0.15) is 21.9 Å². The lowest BCUT2D eigenvalue weighted by molar-refractivity contribution is 0.100. The normalized spacial score (nSPS) is 11.1. The van der Waals surface area contributed by atoms with Gasteiger partial charge in [-0.3, -0.25) is 15.0 Å². The Labute approximate surface area is 169 Å². The van der Waals surface area contributed by atoms with Crippen LogP contribution in [0.15, 0.2) is 46.8 Å². The van der Waals surface area contributed by atoms with Gasteiger partial charge in [-0.15, -0.1) is 22.7 Å². The maximum atomic E-state index is 12.6. The lowest BCUT2D eigenvalue weighted by Gasteiger charge is -2.05. The van der Waals surface area contributed by atoms with E-state index in [1.165, 1.54) is 34.6 Å². The summed E-state index contributed by atoms with van der Waals surface area (Å²) in [5.74, 6) is -0.443. The molecule has 0 aliphatic heterocycles. The summed E-state index contributed by atoms with van der Waals surface area (Å²) in [5.41, 5.74) is 4.77. The molecule has 3 heterocycles. The Morgan fingerprint density at radius 3 is 2.68 bits per heavy atom. The SMILES string of the molecule is CCc1ccc(-c2nc(C(=O)Nn3cnc4sc(CC)cc4c3=O)cs2)cc1. The predicted octanol–water partition coefficient (Wildman–Crippen LogP) is 4.09. The van der Waals surface area contributed by atoms with Crippen LogP contribution in [0.1, 0.15) is 34.8 Å². The number of nitrogens with one attached hydrogen (secondary N) is 1. The Bertz CT molecular complexity index is 1210. The van der Waals surface area contributed by atoms with Gasteiger partial charge in [0.2, 0.25) is 0 Å². The Morgan fingerprint density at radius 1 is 1.18 bits per heavy atom. The van der Waals surface area contributed by atoms with E-state index in [4.69, 9.17) is 0 Å². The lowest BCUT2D eigenvalue weighted by atomic mass is 10.1. The monoisotopic (exact) mass is 410 g/mol. The molecule has 3 aromatic heterocycles. The van der Waals surface area contributed by atoms with E-state index in [9.17, 15) is 9.59 Å². The van der Waals surface area contributed by atoms with Crippen LogP contribution in [-0.2, 0) is 12.8 Å². The number of fused-ring (bicyclic) bond motifs is 1. The van der Waals surface area contributed by atoms with Crippen LogP contribution in [-0.4, -0.2) is 20.6 Å². The van der Waals surface area contributed by atoms with Gasteiger partial charge in [-0.05, 0) is 24.5 Å². The van der Waals surface area contributed by atoms with Gasteiger partial charge in [0.15, 0.2) is 0 Å². The molecule has 4 rings (SSSR count). The average molecular weight is 411 g/mol. The van der Waals surface area contributed by atoms with Gasteiger partial charge in [0, 0.05) is 15.8 Å². The molecule has 1 N–H and O–H groups in total. The number of thiophene rings is 1. The Morgan fingerprint density at radius 2 is 1.96 bits per heavy atom. The van der Waals surface area contributed by atoms with Gasteiger partial charge >= 0.3 is 0 Å². The van der Waals surface area contributed by atoms with Gasteiger partial charge in [-0.1, -0.05) is 38.1 Å². The first-order valence-corrected chi connectivity index (χ1v) is 10.6. The van der Waals surface area contributed by atoms with Crippen LogP contribution < -0.4 is 11.0 Å². The highest BCUT2D eigenvalue weighted by Crippen LogP contribution is 2.24. The second-order valence-corrected chi connectivity index (χ2v) is 8.21. The summed E-state index contributed by atoms with van der Waals surface area (Å²) in [6.45, 7) is 4.13. The van der Waals surface area contributed by atoms with Crippen LogP contribution in [0.3, 0.4) is 0 Å². The third-order valence-electron chi connectivity index (χ3n) is 4.42. The molecule has 0 saturated heterocycles. The largest absolute Gasteiger partial charge is 0.289 e. The third kappa shape index (κ3) is 3.48. The number of aromatic nitrogens is 3. The van der Waals surface area contributed by atoms with E-state index in [2.05, 4.69) is 34.5 Å². The highest BCUT2D eigenvalue weighted by molar-refractivity contribution is 7.18. The highest BCUT2D eigenvalue weighted by Gasteiger charge is 2.15. The molecule has 0 spiro atoms. The second kappa shape index (κ2) is 7.65. The van der Waals surface area contributed by atoms with Crippen LogP contribution in [0.25, 0.3) is 20.8 Å². The minimum atomic E-state index is -0.443.